The topological polar surface area (TPSA) is 69.0 Å². The van der Waals surface area contributed by atoms with Gasteiger partial charge in [0.15, 0.2) is 5.82 Å². The molecule has 0 saturated carbocycles. The summed E-state index contributed by atoms with van der Waals surface area (Å²) in [7, 11) is 0. The van der Waals surface area contributed by atoms with E-state index in [0.29, 0.717) is 5.92 Å². The van der Waals surface area contributed by atoms with E-state index in [0.717, 1.165) is 79.5 Å². The van der Waals surface area contributed by atoms with E-state index in [2.05, 4.69) is 31.9 Å². The van der Waals surface area contributed by atoms with Gasteiger partial charge in [0, 0.05) is 44.2 Å². The number of anilines is 1. The van der Waals surface area contributed by atoms with E-state index in [1.54, 1.807) is 11.3 Å². The van der Waals surface area contributed by atoms with E-state index >= 15 is 0 Å². The molecule has 0 N–H and O–H groups in total. The second-order valence-corrected chi connectivity index (χ2v) is 7.94. The Hall–Kier alpha value is -2.32. The molecule has 0 bridgehead atoms. The van der Waals surface area contributed by atoms with Gasteiger partial charge in [-0.1, -0.05) is 41.7 Å². The highest BCUT2D eigenvalue weighted by atomic mass is 32.1. The van der Waals surface area contributed by atoms with Crippen LogP contribution < -0.4 is 4.90 Å². The average molecular weight is 382 g/mol. The van der Waals surface area contributed by atoms with Crippen molar-refractivity contribution in [3.05, 3.63) is 42.0 Å². The minimum absolute atomic E-state index is 0.450. The Morgan fingerprint density at radius 1 is 1.00 bits per heavy atom. The molecule has 140 valence electrons. The molecule has 2 aromatic heterocycles. The van der Waals surface area contributed by atoms with Crippen molar-refractivity contribution in [2.75, 3.05) is 31.2 Å². The molecule has 8 heteroatoms. The number of rotatable bonds is 3. The number of aromatic nitrogens is 5. The summed E-state index contributed by atoms with van der Waals surface area (Å²) in [6.07, 6.45) is 2.95. The first-order chi connectivity index (χ1) is 13.4. The van der Waals surface area contributed by atoms with Gasteiger partial charge in [-0.15, -0.1) is 10.2 Å². The zero-order valence-corrected chi connectivity index (χ0v) is 15.9. The maximum atomic E-state index is 5.46. The number of fused-ring (bicyclic) bond motifs is 1. The smallest absolute Gasteiger partial charge is 0.208 e. The second-order valence-electron chi connectivity index (χ2n) is 6.99. The summed E-state index contributed by atoms with van der Waals surface area (Å²) in [6.45, 7) is 4.26. The van der Waals surface area contributed by atoms with Crippen molar-refractivity contribution in [1.82, 2.24) is 25.0 Å². The molecule has 1 aromatic carbocycles. The van der Waals surface area contributed by atoms with Crippen molar-refractivity contribution in [3.8, 4) is 10.6 Å². The Labute approximate surface area is 162 Å². The molecule has 7 nitrogen and oxygen atoms in total. The van der Waals surface area contributed by atoms with Crippen LogP contribution in [0, 0.1) is 0 Å². The number of ether oxygens (including phenoxy) is 1. The molecule has 0 amide bonds. The number of hydrogen-bond donors (Lipinski definition) is 0. The quantitative estimate of drug-likeness (QED) is 0.694. The predicted molar refractivity (Wildman–Crippen MR) is 104 cm³/mol. The zero-order chi connectivity index (χ0) is 18.1. The van der Waals surface area contributed by atoms with E-state index < -0.39 is 0 Å². The molecular weight excluding hydrogens is 360 g/mol. The summed E-state index contributed by atoms with van der Waals surface area (Å²) in [4.78, 5) is 7.15. The molecule has 0 atom stereocenters. The first-order valence-corrected chi connectivity index (χ1v) is 10.3. The average Bonchev–Trinajstić information content (AvgIpc) is 3.33. The molecular formula is C19H22N6OS. The molecule has 0 unspecified atom stereocenters. The fourth-order valence-electron chi connectivity index (χ4n) is 3.68. The van der Waals surface area contributed by atoms with E-state index in [-0.39, 0.29) is 0 Å². The lowest BCUT2D eigenvalue weighted by atomic mass is 10.00. The van der Waals surface area contributed by atoms with E-state index in [4.69, 9.17) is 14.8 Å². The minimum Gasteiger partial charge on any atom is -0.381 e. The van der Waals surface area contributed by atoms with Gasteiger partial charge in [-0.25, -0.2) is 9.67 Å². The van der Waals surface area contributed by atoms with Gasteiger partial charge in [0.1, 0.15) is 10.8 Å². The summed E-state index contributed by atoms with van der Waals surface area (Å²) in [5, 5.41) is 15.6. The highest BCUT2D eigenvalue weighted by molar-refractivity contribution is 7.18. The van der Waals surface area contributed by atoms with Gasteiger partial charge in [0.25, 0.3) is 0 Å². The second kappa shape index (κ2) is 7.36. The normalized spacial score (nSPS) is 18.3. The molecule has 0 spiro atoms. The predicted octanol–water partition coefficient (Wildman–Crippen LogP) is 2.75. The van der Waals surface area contributed by atoms with Crippen LogP contribution in [0.4, 0.5) is 5.13 Å². The molecule has 5 rings (SSSR count). The zero-order valence-electron chi connectivity index (χ0n) is 15.1. The summed E-state index contributed by atoms with van der Waals surface area (Å²) in [5.74, 6) is 2.54. The van der Waals surface area contributed by atoms with Crippen LogP contribution in [0.25, 0.3) is 10.6 Å². The fourth-order valence-corrected chi connectivity index (χ4v) is 4.58. The van der Waals surface area contributed by atoms with Crippen LogP contribution in [-0.2, 0) is 17.7 Å². The van der Waals surface area contributed by atoms with Crippen LogP contribution in [0.1, 0.15) is 30.4 Å². The molecule has 0 aliphatic carbocycles. The summed E-state index contributed by atoms with van der Waals surface area (Å²) in [6, 6.07) is 10.2. The highest BCUT2D eigenvalue weighted by Crippen LogP contribution is 2.30. The Bertz CT molecular complexity index is 877. The number of hydrogen-bond acceptors (Lipinski definition) is 7. The fraction of sp³-hybridized carbons (Fsp3) is 0.474. The third-order valence-electron chi connectivity index (χ3n) is 5.24. The summed E-state index contributed by atoms with van der Waals surface area (Å²) >= 11 is 1.65. The maximum absolute atomic E-state index is 5.46. The van der Waals surface area contributed by atoms with E-state index in [1.807, 2.05) is 18.2 Å². The maximum Gasteiger partial charge on any atom is 0.208 e. The van der Waals surface area contributed by atoms with Gasteiger partial charge >= 0.3 is 0 Å². The molecule has 2 aliphatic heterocycles. The van der Waals surface area contributed by atoms with Crippen molar-refractivity contribution in [2.45, 2.75) is 31.7 Å². The Kier molecular flexibility index (Phi) is 4.59. The van der Waals surface area contributed by atoms with Gasteiger partial charge < -0.3 is 9.64 Å². The molecule has 2 aliphatic rings. The van der Waals surface area contributed by atoms with Gasteiger partial charge in [-0.3, -0.25) is 0 Å². The van der Waals surface area contributed by atoms with Gasteiger partial charge in [-0.05, 0) is 12.8 Å². The Balaban J connectivity index is 1.29. The molecule has 3 aromatic rings. The first-order valence-electron chi connectivity index (χ1n) is 9.52. The van der Waals surface area contributed by atoms with Gasteiger partial charge in [0.05, 0.1) is 6.54 Å². The monoisotopic (exact) mass is 382 g/mol. The van der Waals surface area contributed by atoms with Crippen LogP contribution in [0.5, 0.6) is 0 Å². The molecule has 1 fully saturated rings. The summed E-state index contributed by atoms with van der Waals surface area (Å²) in [5.41, 5.74) is 1.12. The van der Waals surface area contributed by atoms with E-state index in [1.165, 1.54) is 0 Å². The number of benzene rings is 1. The van der Waals surface area contributed by atoms with Gasteiger partial charge in [-0.2, -0.15) is 5.10 Å². The standard InChI is InChI=1S/C19H22N6OS/c1-2-4-15(5-3-1)18-21-22-19(27-18)24-9-6-16-20-17(23-25(16)11-10-24)14-7-12-26-13-8-14/h1-5,14H,6-13H2. The minimum atomic E-state index is 0.450. The van der Waals surface area contributed by atoms with Crippen LogP contribution in [0.2, 0.25) is 0 Å². The van der Waals surface area contributed by atoms with Crippen LogP contribution in [0.3, 0.4) is 0 Å². The van der Waals surface area contributed by atoms with E-state index in [9.17, 15) is 0 Å². The van der Waals surface area contributed by atoms with Crippen molar-refractivity contribution in [1.29, 1.82) is 0 Å². The molecule has 0 radical (unpaired) electrons. The van der Waals surface area contributed by atoms with Crippen molar-refractivity contribution < 1.29 is 4.74 Å². The highest BCUT2D eigenvalue weighted by Gasteiger charge is 2.24. The molecule has 4 heterocycles. The lowest BCUT2D eigenvalue weighted by molar-refractivity contribution is 0.0835. The molecule has 1 saturated heterocycles. The first kappa shape index (κ1) is 16.8. The summed E-state index contributed by atoms with van der Waals surface area (Å²) < 4.78 is 7.55. The largest absolute Gasteiger partial charge is 0.381 e. The van der Waals surface area contributed by atoms with Crippen LogP contribution in [-0.4, -0.2) is 51.3 Å². The van der Waals surface area contributed by atoms with Gasteiger partial charge in [0.2, 0.25) is 5.13 Å². The SMILES string of the molecule is c1ccc(-c2nnc(N3CCc4nc(C5CCOCC5)nn4CC3)s2)cc1. The lowest BCUT2D eigenvalue weighted by Crippen LogP contribution is -2.26. The van der Waals surface area contributed by atoms with Crippen LogP contribution >= 0.6 is 11.3 Å². The third-order valence-corrected chi connectivity index (χ3v) is 6.28. The Morgan fingerprint density at radius 3 is 2.70 bits per heavy atom. The third kappa shape index (κ3) is 3.46. The van der Waals surface area contributed by atoms with Crippen molar-refractivity contribution >= 4 is 16.5 Å². The van der Waals surface area contributed by atoms with Crippen molar-refractivity contribution in [3.63, 3.8) is 0 Å². The lowest BCUT2D eigenvalue weighted by Gasteiger charge is -2.19. The Morgan fingerprint density at radius 2 is 1.85 bits per heavy atom. The van der Waals surface area contributed by atoms with Crippen LogP contribution in [0.15, 0.2) is 30.3 Å². The number of nitrogens with zero attached hydrogens (tertiary/aromatic N) is 6. The van der Waals surface area contributed by atoms with Crippen molar-refractivity contribution in [2.24, 2.45) is 0 Å². The molecule has 27 heavy (non-hydrogen) atoms.